The molecule has 1 fully saturated rings. The van der Waals surface area contributed by atoms with Gasteiger partial charge in [-0.15, -0.1) is 0 Å². The molecule has 3 aromatic rings. The van der Waals surface area contributed by atoms with Crippen LogP contribution < -0.4 is 10.2 Å². The van der Waals surface area contributed by atoms with E-state index in [1.165, 1.54) is 17.0 Å². The molecule has 5 nitrogen and oxygen atoms in total. The van der Waals surface area contributed by atoms with Gasteiger partial charge in [-0.05, 0) is 48.0 Å². The van der Waals surface area contributed by atoms with Crippen molar-refractivity contribution in [2.24, 2.45) is 0 Å². The lowest BCUT2D eigenvalue weighted by Crippen LogP contribution is -2.70. The van der Waals surface area contributed by atoms with Crippen LogP contribution in [0, 0.1) is 0 Å². The smallest absolute Gasteiger partial charge is 0.256 e. The van der Waals surface area contributed by atoms with Crippen molar-refractivity contribution in [3.05, 3.63) is 88.9 Å². The number of phenols is 1. The van der Waals surface area contributed by atoms with E-state index in [1.54, 1.807) is 36.4 Å². The maximum atomic E-state index is 13.3. The molecule has 0 saturated carbocycles. The molecule has 6 heteroatoms. The van der Waals surface area contributed by atoms with Gasteiger partial charge in [0, 0.05) is 22.0 Å². The fraction of sp³-hybridized carbons (Fsp3) is 0.0909. The zero-order chi connectivity index (χ0) is 19.5. The highest BCUT2D eigenvalue weighted by Crippen LogP contribution is 2.58. The molecule has 0 radical (unpaired) electrons. The molecular formula is C22H15ClN2O3. The zero-order valence-electron chi connectivity index (χ0n) is 14.6. The summed E-state index contributed by atoms with van der Waals surface area (Å²) in [6, 6.07) is 20.7. The Labute approximate surface area is 166 Å². The number of fused-ring (bicyclic) bond motifs is 2. The van der Waals surface area contributed by atoms with Gasteiger partial charge < -0.3 is 10.4 Å². The Morgan fingerprint density at radius 3 is 2.32 bits per heavy atom. The number of amides is 2. The minimum absolute atomic E-state index is 0.0938. The number of anilines is 2. The molecule has 0 aliphatic carbocycles. The largest absolute Gasteiger partial charge is 0.508 e. The topological polar surface area (TPSA) is 69.6 Å². The first kappa shape index (κ1) is 16.8. The molecule has 0 aromatic heterocycles. The van der Waals surface area contributed by atoms with Crippen LogP contribution in [-0.4, -0.2) is 16.9 Å². The first-order valence-corrected chi connectivity index (χ1v) is 9.21. The van der Waals surface area contributed by atoms with Crippen molar-refractivity contribution < 1.29 is 14.7 Å². The van der Waals surface area contributed by atoms with E-state index in [2.05, 4.69) is 5.32 Å². The summed E-state index contributed by atoms with van der Waals surface area (Å²) in [4.78, 5) is 28.1. The maximum absolute atomic E-state index is 13.3. The first-order valence-electron chi connectivity index (χ1n) is 8.83. The Morgan fingerprint density at radius 2 is 1.61 bits per heavy atom. The van der Waals surface area contributed by atoms with E-state index in [4.69, 9.17) is 11.6 Å². The molecule has 3 aromatic carbocycles. The van der Waals surface area contributed by atoms with Crippen molar-refractivity contribution in [3.63, 3.8) is 0 Å². The predicted octanol–water partition coefficient (Wildman–Crippen LogP) is 4.02. The van der Waals surface area contributed by atoms with Gasteiger partial charge in [0.2, 0.25) is 5.91 Å². The summed E-state index contributed by atoms with van der Waals surface area (Å²) in [6.07, 6.45) is 0. The van der Waals surface area contributed by atoms with Crippen LogP contribution in [0.4, 0.5) is 11.4 Å². The lowest BCUT2D eigenvalue weighted by atomic mass is 9.66. The van der Waals surface area contributed by atoms with Gasteiger partial charge in [0.15, 0.2) is 5.54 Å². The van der Waals surface area contributed by atoms with Crippen molar-refractivity contribution in [2.75, 3.05) is 10.2 Å². The molecule has 2 aliphatic rings. The molecule has 0 bridgehead atoms. The summed E-state index contributed by atoms with van der Waals surface area (Å²) < 4.78 is 0. The van der Waals surface area contributed by atoms with Gasteiger partial charge in [0.25, 0.3) is 5.91 Å². The van der Waals surface area contributed by atoms with Crippen molar-refractivity contribution in [2.45, 2.75) is 11.5 Å². The minimum atomic E-state index is -1.18. The zero-order valence-corrected chi connectivity index (χ0v) is 15.4. The maximum Gasteiger partial charge on any atom is 0.256 e. The Balaban J connectivity index is 1.74. The molecule has 2 N–H and O–H groups in total. The average Bonchev–Trinajstić information content (AvgIpc) is 2.99. The number of phenolic OH excluding ortho intramolecular Hbond substituents is 1. The van der Waals surface area contributed by atoms with Crippen molar-refractivity contribution >= 4 is 34.8 Å². The number of β-lactam (4-membered cyclic amide) rings is 1. The van der Waals surface area contributed by atoms with Gasteiger partial charge in [0.05, 0.1) is 0 Å². The van der Waals surface area contributed by atoms with Crippen LogP contribution in [0.2, 0.25) is 5.02 Å². The number of para-hydroxylation sites is 1. The van der Waals surface area contributed by atoms with Crippen molar-refractivity contribution in [1.82, 2.24) is 0 Å². The molecular weight excluding hydrogens is 376 g/mol. The second kappa shape index (κ2) is 5.84. The third kappa shape index (κ3) is 2.08. The molecule has 2 heterocycles. The van der Waals surface area contributed by atoms with Crippen LogP contribution in [0.25, 0.3) is 0 Å². The van der Waals surface area contributed by atoms with Gasteiger partial charge >= 0.3 is 0 Å². The predicted molar refractivity (Wildman–Crippen MR) is 107 cm³/mol. The van der Waals surface area contributed by atoms with Crippen molar-refractivity contribution in [1.29, 1.82) is 0 Å². The highest BCUT2D eigenvalue weighted by atomic mass is 35.5. The highest BCUT2D eigenvalue weighted by molar-refractivity contribution is 6.30. The van der Waals surface area contributed by atoms with Gasteiger partial charge in [-0.2, -0.15) is 0 Å². The number of hydrogen-bond donors (Lipinski definition) is 2. The molecule has 138 valence electrons. The van der Waals surface area contributed by atoms with E-state index < -0.39 is 11.5 Å². The van der Waals surface area contributed by atoms with Crippen LogP contribution in [0.5, 0.6) is 5.75 Å². The number of nitrogens with one attached hydrogen (secondary N) is 1. The third-order valence-electron chi connectivity index (χ3n) is 5.48. The molecule has 2 atom stereocenters. The molecule has 2 amide bonds. The third-order valence-corrected chi connectivity index (χ3v) is 5.73. The van der Waals surface area contributed by atoms with Crippen LogP contribution >= 0.6 is 11.6 Å². The summed E-state index contributed by atoms with van der Waals surface area (Å²) in [7, 11) is 0. The molecule has 5 rings (SSSR count). The number of aromatic hydroxyl groups is 1. The number of hydrogen-bond acceptors (Lipinski definition) is 3. The van der Waals surface area contributed by atoms with Crippen LogP contribution in [0.15, 0.2) is 72.8 Å². The van der Waals surface area contributed by atoms with Crippen molar-refractivity contribution in [3.8, 4) is 5.75 Å². The average molecular weight is 391 g/mol. The number of benzene rings is 3. The van der Waals surface area contributed by atoms with Gasteiger partial charge in [-0.1, -0.05) is 41.9 Å². The highest BCUT2D eigenvalue weighted by Gasteiger charge is 2.69. The van der Waals surface area contributed by atoms with E-state index in [-0.39, 0.29) is 17.6 Å². The molecule has 0 unspecified atom stereocenters. The molecule has 1 saturated heterocycles. The normalized spacial score (nSPS) is 22.8. The van der Waals surface area contributed by atoms with E-state index in [9.17, 15) is 14.7 Å². The monoisotopic (exact) mass is 390 g/mol. The standard InChI is InChI=1S/C22H15ClN2O3/c23-14-7-5-13(6-8-14)19-20(27)25(15-9-11-16(26)12-10-15)22(19)17-3-1-2-4-18(17)24-21(22)28/h1-12,19,26H,(H,24,28)/t19-,22+/m0/s1. The first-order chi connectivity index (χ1) is 13.5. The van der Waals surface area contributed by atoms with Crippen LogP contribution in [0.3, 0.4) is 0 Å². The Morgan fingerprint density at radius 1 is 0.929 bits per heavy atom. The minimum Gasteiger partial charge on any atom is -0.508 e. The summed E-state index contributed by atoms with van der Waals surface area (Å²) in [5.41, 5.74) is 1.56. The Hall–Kier alpha value is -3.31. The van der Waals surface area contributed by atoms with E-state index in [1.807, 2.05) is 24.3 Å². The van der Waals surface area contributed by atoms with Gasteiger partial charge in [-0.3, -0.25) is 14.5 Å². The van der Waals surface area contributed by atoms with Crippen LogP contribution in [0.1, 0.15) is 17.0 Å². The summed E-state index contributed by atoms with van der Waals surface area (Å²) >= 11 is 6.02. The van der Waals surface area contributed by atoms with Gasteiger partial charge in [-0.25, -0.2) is 0 Å². The number of carbonyl (C=O) groups excluding carboxylic acids is 2. The summed E-state index contributed by atoms with van der Waals surface area (Å²) in [5, 5.41) is 13.1. The van der Waals surface area contributed by atoms with Gasteiger partial charge in [0.1, 0.15) is 11.7 Å². The van der Waals surface area contributed by atoms with Crippen LogP contribution in [-0.2, 0) is 15.1 Å². The second-order valence-corrected chi connectivity index (χ2v) is 7.38. The number of nitrogens with zero attached hydrogens (tertiary/aromatic N) is 1. The SMILES string of the molecule is O=C1[C@H](c2ccc(Cl)cc2)[C@]2(C(=O)Nc3ccccc32)N1c1ccc(O)cc1. The fourth-order valence-electron chi connectivity index (χ4n) is 4.29. The lowest BCUT2D eigenvalue weighted by molar-refractivity contribution is -0.139. The Kier molecular flexibility index (Phi) is 3.51. The number of halogens is 1. The van der Waals surface area contributed by atoms with E-state index in [0.717, 1.165) is 11.1 Å². The summed E-state index contributed by atoms with van der Waals surface area (Å²) in [5.74, 6) is -1.00. The lowest BCUT2D eigenvalue weighted by Gasteiger charge is -2.54. The number of carbonyl (C=O) groups is 2. The summed E-state index contributed by atoms with van der Waals surface area (Å²) in [6.45, 7) is 0. The second-order valence-electron chi connectivity index (χ2n) is 6.94. The van der Waals surface area contributed by atoms with E-state index in [0.29, 0.717) is 16.4 Å². The fourth-order valence-corrected chi connectivity index (χ4v) is 4.42. The number of rotatable bonds is 2. The van der Waals surface area contributed by atoms with E-state index >= 15 is 0 Å². The molecule has 1 spiro atoms. The Bertz CT molecular complexity index is 1050. The quantitative estimate of drug-likeness (QED) is 0.649. The molecule has 28 heavy (non-hydrogen) atoms. The molecule has 2 aliphatic heterocycles.